The van der Waals surface area contributed by atoms with Gasteiger partial charge >= 0.3 is 0 Å². The van der Waals surface area contributed by atoms with Crippen molar-refractivity contribution in [3.05, 3.63) is 66.2 Å². The zero-order chi connectivity index (χ0) is 20.4. The molecular formula is C22H21FN4O2. The summed E-state index contributed by atoms with van der Waals surface area (Å²) < 4.78 is 20.3. The quantitative estimate of drug-likeness (QED) is 0.739. The summed E-state index contributed by atoms with van der Waals surface area (Å²) >= 11 is 0. The van der Waals surface area contributed by atoms with Gasteiger partial charge in [-0.05, 0) is 30.2 Å². The molecule has 1 aromatic heterocycles. The van der Waals surface area contributed by atoms with E-state index in [1.54, 1.807) is 23.1 Å². The normalized spacial score (nSPS) is 16.6. The highest BCUT2D eigenvalue weighted by Gasteiger charge is 2.26. The minimum absolute atomic E-state index is 0.00562. The van der Waals surface area contributed by atoms with Crippen LogP contribution >= 0.6 is 0 Å². The molecule has 1 aliphatic rings. The average molecular weight is 392 g/mol. The van der Waals surface area contributed by atoms with Crippen molar-refractivity contribution >= 4 is 11.9 Å². The molecule has 0 bridgehead atoms. The van der Waals surface area contributed by atoms with Crippen molar-refractivity contribution < 1.29 is 13.9 Å². The molecule has 0 saturated carbocycles. The number of nitrogen functional groups attached to an aromatic ring is 1. The van der Waals surface area contributed by atoms with Gasteiger partial charge < -0.3 is 15.4 Å². The van der Waals surface area contributed by atoms with Crippen LogP contribution in [0.15, 0.2) is 54.9 Å². The van der Waals surface area contributed by atoms with Gasteiger partial charge in [0.15, 0.2) is 0 Å². The maximum absolute atomic E-state index is 14.9. The van der Waals surface area contributed by atoms with Crippen molar-refractivity contribution in [2.24, 2.45) is 0 Å². The molecule has 2 aromatic carbocycles. The SMILES string of the molecule is C[C@H]1COCCN1C(=O)c1ccccc1-c1ccc(-c2cnc(N)nc2)c(F)c1. The second-order valence-electron chi connectivity index (χ2n) is 6.99. The number of hydrogen-bond acceptors (Lipinski definition) is 5. The summed E-state index contributed by atoms with van der Waals surface area (Å²) in [6, 6.07) is 12.2. The molecule has 29 heavy (non-hydrogen) atoms. The molecule has 1 fully saturated rings. The monoisotopic (exact) mass is 392 g/mol. The van der Waals surface area contributed by atoms with E-state index in [4.69, 9.17) is 10.5 Å². The van der Waals surface area contributed by atoms with Crippen LogP contribution < -0.4 is 5.73 Å². The first-order valence-electron chi connectivity index (χ1n) is 9.40. The molecule has 1 saturated heterocycles. The Morgan fingerprint density at radius 2 is 1.90 bits per heavy atom. The minimum Gasteiger partial charge on any atom is -0.377 e. The number of hydrogen-bond donors (Lipinski definition) is 1. The molecule has 2 heterocycles. The summed E-state index contributed by atoms with van der Waals surface area (Å²) in [5, 5.41) is 0. The van der Waals surface area contributed by atoms with Crippen molar-refractivity contribution in [3.8, 4) is 22.3 Å². The zero-order valence-corrected chi connectivity index (χ0v) is 16.0. The fourth-order valence-electron chi connectivity index (χ4n) is 3.50. The number of carbonyl (C=O) groups excluding carboxylic acids is 1. The molecule has 1 atom stereocenters. The van der Waals surface area contributed by atoms with Crippen molar-refractivity contribution in [1.82, 2.24) is 14.9 Å². The number of aromatic nitrogens is 2. The molecule has 7 heteroatoms. The number of nitrogens with two attached hydrogens (primary N) is 1. The van der Waals surface area contributed by atoms with E-state index in [0.29, 0.717) is 47.6 Å². The van der Waals surface area contributed by atoms with E-state index in [2.05, 4.69) is 9.97 Å². The van der Waals surface area contributed by atoms with Gasteiger partial charge in [-0.2, -0.15) is 0 Å². The van der Waals surface area contributed by atoms with Crippen LogP contribution in [0.25, 0.3) is 22.3 Å². The van der Waals surface area contributed by atoms with Crippen LogP contribution in [0.2, 0.25) is 0 Å². The highest BCUT2D eigenvalue weighted by atomic mass is 19.1. The number of amides is 1. The predicted molar refractivity (Wildman–Crippen MR) is 109 cm³/mol. The maximum atomic E-state index is 14.9. The summed E-state index contributed by atoms with van der Waals surface area (Å²) in [6.45, 7) is 3.54. The first-order chi connectivity index (χ1) is 14.0. The van der Waals surface area contributed by atoms with Gasteiger partial charge in [-0.1, -0.05) is 30.3 Å². The molecule has 1 amide bonds. The van der Waals surface area contributed by atoms with Gasteiger partial charge in [0.25, 0.3) is 5.91 Å². The van der Waals surface area contributed by atoms with Gasteiger partial charge in [-0.15, -0.1) is 0 Å². The minimum atomic E-state index is -0.419. The molecule has 6 nitrogen and oxygen atoms in total. The third kappa shape index (κ3) is 3.82. The third-order valence-corrected chi connectivity index (χ3v) is 5.05. The van der Waals surface area contributed by atoms with Crippen LogP contribution in [0.1, 0.15) is 17.3 Å². The lowest BCUT2D eigenvalue weighted by molar-refractivity contribution is 0.00364. The molecule has 0 spiro atoms. The van der Waals surface area contributed by atoms with E-state index in [1.165, 1.54) is 18.5 Å². The number of anilines is 1. The number of nitrogens with zero attached hydrogens (tertiary/aromatic N) is 3. The van der Waals surface area contributed by atoms with Gasteiger partial charge in [0.05, 0.1) is 19.3 Å². The Morgan fingerprint density at radius 1 is 1.14 bits per heavy atom. The standard InChI is InChI=1S/C22H21FN4O2/c1-14-13-29-9-8-27(14)21(28)19-5-3-2-4-17(19)15-6-7-18(20(23)10-15)16-11-25-22(24)26-12-16/h2-7,10-12,14H,8-9,13H2,1H3,(H2,24,25,26)/t14-/m0/s1. The average Bonchev–Trinajstić information content (AvgIpc) is 2.74. The number of rotatable bonds is 3. The Balaban J connectivity index is 1.70. The van der Waals surface area contributed by atoms with Crippen LogP contribution in [0, 0.1) is 5.82 Å². The van der Waals surface area contributed by atoms with E-state index in [-0.39, 0.29) is 17.9 Å². The van der Waals surface area contributed by atoms with Crippen molar-refractivity contribution in [2.45, 2.75) is 13.0 Å². The molecule has 4 rings (SSSR count). The van der Waals surface area contributed by atoms with Gasteiger partial charge in [0.1, 0.15) is 5.82 Å². The van der Waals surface area contributed by atoms with Gasteiger partial charge in [0, 0.05) is 35.6 Å². The Kier molecular flexibility index (Phi) is 5.22. The summed E-state index contributed by atoms with van der Waals surface area (Å²) in [5.74, 6) is -0.360. The lowest BCUT2D eigenvalue weighted by atomic mass is 9.96. The van der Waals surface area contributed by atoms with E-state index in [9.17, 15) is 9.18 Å². The van der Waals surface area contributed by atoms with Crippen LogP contribution in [0.3, 0.4) is 0 Å². The van der Waals surface area contributed by atoms with Crippen molar-refractivity contribution in [2.75, 3.05) is 25.5 Å². The molecule has 3 aromatic rings. The molecule has 0 aliphatic carbocycles. The molecular weight excluding hydrogens is 371 g/mol. The summed E-state index contributed by atoms with van der Waals surface area (Å²) in [5.41, 5.74) is 8.28. The Morgan fingerprint density at radius 3 is 2.62 bits per heavy atom. The zero-order valence-electron chi connectivity index (χ0n) is 16.0. The molecule has 1 aliphatic heterocycles. The van der Waals surface area contributed by atoms with Gasteiger partial charge in [-0.25, -0.2) is 14.4 Å². The van der Waals surface area contributed by atoms with E-state index in [1.807, 2.05) is 25.1 Å². The van der Waals surface area contributed by atoms with Gasteiger partial charge in [-0.3, -0.25) is 4.79 Å². The molecule has 0 unspecified atom stereocenters. The van der Waals surface area contributed by atoms with Crippen LogP contribution in [0.4, 0.5) is 10.3 Å². The predicted octanol–water partition coefficient (Wildman–Crippen LogP) is 3.39. The Bertz CT molecular complexity index is 1040. The number of halogens is 1. The highest BCUT2D eigenvalue weighted by molar-refractivity contribution is 6.01. The number of ether oxygens (including phenoxy) is 1. The molecule has 2 N–H and O–H groups in total. The summed E-state index contributed by atoms with van der Waals surface area (Å²) in [7, 11) is 0. The largest absolute Gasteiger partial charge is 0.377 e. The lowest BCUT2D eigenvalue weighted by Crippen LogP contribution is -2.47. The molecule has 0 radical (unpaired) electrons. The van der Waals surface area contributed by atoms with E-state index in [0.717, 1.165) is 0 Å². The first-order valence-corrected chi connectivity index (χ1v) is 9.40. The lowest BCUT2D eigenvalue weighted by Gasteiger charge is -2.33. The first kappa shape index (κ1) is 19.0. The van der Waals surface area contributed by atoms with E-state index >= 15 is 0 Å². The fraction of sp³-hybridized carbons (Fsp3) is 0.227. The van der Waals surface area contributed by atoms with Crippen LogP contribution in [0.5, 0.6) is 0 Å². The second-order valence-corrected chi connectivity index (χ2v) is 6.99. The van der Waals surface area contributed by atoms with Crippen molar-refractivity contribution in [3.63, 3.8) is 0 Å². The Hall–Kier alpha value is -3.32. The Labute approximate surface area is 168 Å². The maximum Gasteiger partial charge on any atom is 0.254 e. The van der Waals surface area contributed by atoms with E-state index < -0.39 is 5.82 Å². The number of carbonyl (C=O) groups is 1. The number of morpholine rings is 1. The third-order valence-electron chi connectivity index (χ3n) is 5.05. The smallest absolute Gasteiger partial charge is 0.254 e. The second kappa shape index (κ2) is 7.97. The van der Waals surface area contributed by atoms with Gasteiger partial charge in [0.2, 0.25) is 5.95 Å². The van der Waals surface area contributed by atoms with Crippen LogP contribution in [-0.4, -0.2) is 46.6 Å². The summed E-state index contributed by atoms with van der Waals surface area (Å²) in [6.07, 6.45) is 2.97. The van der Waals surface area contributed by atoms with Crippen LogP contribution in [-0.2, 0) is 4.74 Å². The highest BCUT2D eigenvalue weighted by Crippen LogP contribution is 2.30. The fourth-order valence-corrected chi connectivity index (χ4v) is 3.50. The topological polar surface area (TPSA) is 81.3 Å². The summed E-state index contributed by atoms with van der Waals surface area (Å²) in [4.78, 5) is 22.8. The van der Waals surface area contributed by atoms with Crippen molar-refractivity contribution in [1.29, 1.82) is 0 Å². The molecule has 148 valence electrons. The number of benzene rings is 2.